The summed E-state index contributed by atoms with van der Waals surface area (Å²) in [4.78, 5) is 26.1. The van der Waals surface area contributed by atoms with Crippen molar-refractivity contribution in [2.75, 3.05) is 11.9 Å². The number of benzene rings is 3. The Kier molecular flexibility index (Phi) is 9.70. The average Bonchev–Trinajstić information content (AvgIpc) is 3.80. The van der Waals surface area contributed by atoms with Crippen LogP contribution in [0.4, 0.5) is 5.69 Å². The van der Waals surface area contributed by atoms with E-state index >= 15 is 0 Å². The van der Waals surface area contributed by atoms with Gasteiger partial charge in [0.25, 0.3) is 0 Å². The van der Waals surface area contributed by atoms with E-state index in [1.807, 2.05) is 67.6 Å². The molecule has 0 aromatic heterocycles. The standard InChI is InChI=1S/C37H42ClNO5/c1-2-43-28-15-12-23(13-16-28)18-27-19-25(14-17-32(27)38)36-35(41)34(40)22-29(44-36)20-26-21-31(26)30-10-6-7-11-33(30)39-37(42)24-8-4-3-5-9-24/h6-7,10-17,19,24,26,29,31,34,36,40H,2-5,8-9,18,20-22H2,1H3,(H,39,42). The van der Waals surface area contributed by atoms with Crippen molar-refractivity contribution in [3.05, 3.63) is 94.0 Å². The molecule has 6 rings (SSSR count). The molecule has 3 aromatic rings. The number of carbonyl (C=O) groups is 2. The van der Waals surface area contributed by atoms with Crippen molar-refractivity contribution in [1.29, 1.82) is 0 Å². The second-order valence-electron chi connectivity index (χ2n) is 12.6. The third kappa shape index (κ3) is 7.20. The van der Waals surface area contributed by atoms with Gasteiger partial charge in [-0.3, -0.25) is 9.59 Å². The predicted molar refractivity (Wildman–Crippen MR) is 172 cm³/mol. The molecule has 5 atom stereocenters. The van der Waals surface area contributed by atoms with Crippen molar-refractivity contribution in [3.63, 3.8) is 0 Å². The largest absolute Gasteiger partial charge is 0.494 e. The molecule has 6 nitrogen and oxygen atoms in total. The molecule has 2 N–H and O–H groups in total. The molecule has 232 valence electrons. The Labute approximate surface area is 265 Å². The lowest BCUT2D eigenvalue weighted by Crippen LogP contribution is -2.40. The van der Waals surface area contributed by atoms with E-state index in [1.165, 1.54) is 12.0 Å². The van der Waals surface area contributed by atoms with E-state index in [4.69, 9.17) is 21.1 Å². The first kappa shape index (κ1) is 30.8. The van der Waals surface area contributed by atoms with Gasteiger partial charge in [-0.05, 0) is 97.4 Å². The van der Waals surface area contributed by atoms with Crippen LogP contribution in [0.15, 0.2) is 66.7 Å². The van der Waals surface area contributed by atoms with E-state index in [-0.39, 0.29) is 23.7 Å². The summed E-state index contributed by atoms with van der Waals surface area (Å²) in [6.07, 6.45) is 5.92. The summed E-state index contributed by atoms with van der Waals surface area (Å²) in [7, 11) is 0. The van der Waals surface area contributed by atoms with Crippen LogP contribution in [0.5, 0.6) is 5.75 Å². The molecule has 1 heterocycles. The number of hydrogen-bond acceptors (Lipinski definition) is 5. The smallest absolute Gasteiger partial charge is 0.227 e. The monoisotopic (exact) mass is 615 g/mol. The third-order valence-electron chi connectivity index (χ3n) is 9.49. The molecule has 3 aliphatic rings. The van der Waals surface area contributed by atoms with E-state index in [0.717, 1.165) is 61.1 Å². The minimum absolute atomic E-state index is 0.104. The molecule has 44 heavy (non-hydrogen) atoms. The number of aliphatic hydroxyl groups excluding tert-OH is 1. The number of ether oxygens (including phenoxy) is 2. The quantitative estimate of drug-likeness (QED) is 0.243. The first-order chi connectivity index (χ1) is 21.4. The lowest BCUT2D eigenvalue weighted by atomic mass is 9.88. The molecule has 7 heteroatoms. The highest BCUT2D eigenvalue weighted by Crippen LogP contribution is 2.53. The van der Waals surface area contributed by atoms with Crippen molar-refractivity contribution in [1.82, 2.24) is 0 Å². The number of anilines is 1. The van der Waals surface area contributed by atoms with Crippen molar-refractivity contribution in [2.24, 2.45) is 11.8 Å². The number of halogens is 1. The summed E-state index contributed by atoms with van der Waals surface area (Å²) in [5.74, 6) is 1.45. The number of rotatable bonds is 10. The predicted octanol–water partition coefficient (Wildman–Crippen LogP) is 7.80. The summed E-state index contributed by atoms with van der Waals surface area (Å²) in [6.45, 7) is 2.57. The molecular weight excluding hydrogens is 574 g/mol. The van der Waals surface area contributed by atoms with Crippen LogP contribution >= 0.6 is 11.6 Å². The highest BCUT2D eigenvalue weighted by Gasteiger charge is 2.45. The highest BCUT2D eigenvalue weighted by atomic mass is 35.5. The Hall–Kier alpha value is -3.19. The van der Waals surface area contributed by atoms with Gasteiger partial charge < -0.3 is 19.9 Å². The fourth-order valence-electron chi connectivity index (χ4n) is 6.99. The molecule has 3 fully saturated rings. The van der Waals surface area contributed by atoms with Gasteiger partial charge in [0.2, 0.25) is 5.91 Å². The molecule has 0 spiro atoms. The van der Waals surface area contributed by atoms with E-state index in [2.05, 4.69) is 11.4 Å². The number of para-hydroxylation sites is 1. The maximum absolute atomic E-state index is 13.1. The molecular formula is C37H42ClNO5. The summed E-state index contributed by atoms with van der Waals surface area (Å²) < 4.78 is 12.0. The van der Waals surface area contributed by atoms with Crippen LogP contribution in [0.1, 0.15) is 92.6 Å². The highest BCUT2D eigenvalue weighted by molar-refractivity contribution is 6.31. The lowest BCUT2D eigenvalue weighted by molar-refractivity contribution is -0.158. The van der Waals surface area contributed by atoms with Crippen LogP contribution < -0.4 is 10.1 Å². The summed E-state index contributed by atoms with van der Waals surface area (Å²) in [5, 5.41) is 14.6. The van der Waals surface area contributed by atoms with Crippen LogP contribution in [0, 0.1) is 11.8 Å². The Morgan fingerprint density at radius 1 is 1.02 bits per heavy atom. The molecule has 0 bridgehead atoms. The minimum atomic E-state index is -1.07. The summed E-state index contributed by atoms with van der Waals surface area (Å²) >= 11 is 6.57. The van der Waals surface area contributed by atoms with Crippen molar-refractivity contribution in [2.45, 2.75) is 88.9 Å². The topological polar surface area (TPSA) is 84.9 Å². The van der Waals surface area contributed by atoms with Gasteiger partial charge in [0.15, 0.2) is 5.78 Å². The normalized spacial score (nSPS) is 25.4. The number of Topliss-reactive ketones (excluding diaryl/α,β-unsaturated/α-hetero) is 1. The Morgan fingerprint density at radius 2 is 1.80 bits per heavy atom. The lowest BCUT2D eigenvalue weighted by Gasteiger charge is -2.32. The fourth-order valence-corrected chi connectivity index (χ4v) is 7.18. The minimum Gasteiger partial charge on any atom is -0.494 e. The molecule has 0 radical (unpaired) electrons. The zero-order chi connectivity index (χ0) is 30.6. The zero-order valence-electron chi connectivity index (χ0n) is 25.3. The van der Waals surface area contributed by atoms with E-state index in [1.54, 1.807) is 0 Å². The molecule has 2 aliphatic carbocycles. The summed E-state index contributed by atoms with van der Waals surface area (Å²) in [6, 6.07) is 21.6. The molecule has 1 aliphatic heterocycles. The Bertz CT molecular complexity index is 1470. The maximum atomic E-state index is 13.1. The van der Waals surface area contributed by atoms with E-state index < -0.39 is 12.2 Å². The molecule has 3 aromatic carbocycles. The Balaban J connectivity index is 1.11. The van der Waals surface area contributed by atoms with Gasteiger partial charge in [0.1, 0.15) is 18.0 Å². The number of nitrogens with one attached hydrogen (secondary N) is 1. The second-order valence-corrected chi connectivity index (χ2v) is 13.1. The maximum Gasteiger partial charge on any atom is 0.227 e. The van der Waals surface area contributed by atoms with Gasteiger partial charge in [0.05, 0.1) is 12.7 Å². The number of amides is 1. The third-order valence-corrected chi connectivity index (χ3v) is 9.85. The van der Waals surface area contributed by atoms with Crippen LogP contribution in [0.2, 0.25) is 5.02 Å². The van der Waals surface area contributed by atoms with Crippen molar-refractivity contribution in [3.8, 4) is 5.75 Å². The number of hydrogen-bond donors (Lipinski definition) is 2. The SMILES string of the molecule is CCOc1ccc(Cc2cc(C3OC(CC4CC4c4ccccc4NC(=O)C4CCCCC4)CC(O)C3=O)ccc2Cl)cc1. The average molecular weight is 616 g/mol. The first-order valence-electron chi connectivity index (χ1n) is 16.2. The summed E-state index contributed by atoms with van der Waals surface area (Å²) in [5.41, 5.74) is 4.77. The first-order valence-corrected chi connectivity index (χ1v) is 16.5. The van der Waals surface area contributed by atoms with Crippen LogP contribution in [-0.4, -0.2) is 35.6 Å². The number of ketones is 1. The number of carbonyl (C=O) groups excluding carboxylic acids is 2. The van der Waals surface area contributed by atoms with Crippen molar-refractivity contribution >= 4 is 29.0 Å². The van der Waals surface area contributed by atoms with Crippen molar-refractivity contribution < 1.29 is 24.2 Å². The van der Waals surface area contributed by atoms with E-state index in [0.29, 0.717) is 41.9 Å². The van der Waals surface area contributed by atoms with Gasteiger partial charge in [-0.2, -0.15) is 0 Å². The second kappa shape index (κ2) is 13.8. The molecule has 1 amide bonds. The van der Waals surface area contributed by atoms with Gasteiger partial charge in [-0.15, -0.1) is 0 Å². The van der Waals surface area contributed by atoms with Gasteiger partial charge in [-0.1, -0.05) is 73.3 Å². The zero-order valence-corrected chi connectivity index (χ0v) is 26.1. The van der Waals surface area contributed by atoms with E-state index in [9.17, 15) is 14.7 Å². The fraction of sp³-hybridized carbons (Fsp3) is 0.459. The van der Waals surface area contributed by atoms with Gasteiger partial charge in [0, 0.05) is 23.0 Å². The molecule has 2 saturated carbocycles. The number of aliphatic hydroxyl groups is 1. The molecule has 5 unspecified atom stereocenters. The van der Waals surface area contributed by atoms with Gasteiger partial charge in [-0.25, -0.2) is 0 Å². The van der Waals surface area contributed by atoms with Crippen LogP contribution in [0.3, 0.4) is 0 Å². The van der Waals surface area contributed by atoms with Crippen LogP contribution in [0.25, 0.3) is 0 Å². The van der Waals surface area contributed by atoms with Crippen LogP contribution in [-0.2, 0) is 20.7 Å². The van der Waals surface area contributed by atoms with Gasteiger partial charge >= 0.3 is 0 Å². The Morgan fingerprint density at radius 3 is 2.57 bits per heavy atom. The molecule has 1 saturated heterocycles.